The summed E-state index contributed by atoms with van der Waals surface area (Å²) in [4.78, 5) is 22.9. The topological polar surface area (TPSA) is 64.0 Å². The van der Waals surface area contributed by atoms with Crippen molar-refractivity contribution < 1.29 is 9.59 Å². The van der Waals surface area contributed by atoms with Crippen molar-refractivity contribution in [1.82, 2.24) is 15.1 Å². The number of carbonyl (C=O) groups is 2. The molecule has 122 valence electrons. The number of benzene rings is 1. The molecular formula is C17H20ClN3O2. The van der Waals surface area contributed by atoms with Crippen LogP contribution in [0.4, 0.5) is 0 Å². The second-order valence-corrected chi connectivity index (χ2v) is 6.69. The fourth-order valence-corrected chi connectivity index (χ4v) is 3.76. The highest BCUT2D eigenvalue weighted by Crippen LogP contribution is 2.38. The van der Waals surface area contributed by atoms with Gasteiger partial charge in [0, 0.05) is 30.3 Å². The Kier molecular flexibility index (Phi) is 4.39. The summed E-state index contributed by atoms with van der Waals surface area (Å²) >= 11 is 6.26. The Balaban J connectivity index is 1.89. The van der Waals surface area contributed by atoms with Gasteiger partial charge >= 0.3 is 0 Å². The van der Waals surface area contributed by atoms with Crippen molar-refractivity contribution in [3.63, 3.8) is 0 Å². The van der Waals surface area contributed by atoms with E-state index in [2.05, 4.69) is 10.4 Å². The van der Waals surface area contributed by atoms with Gasteiger partial charge in [-0.25, -0.2) is 4.68 Å². The maximum absolute atomic E-state index is 11.7. The van der Waals surface area contributed by atoms with Crippen molar-refractivity contribution >= 4 is 34.3 Å². The van der Waals surface area contributed by atoms with E-state index in [1.54, 1.807) is 19.2 Å². The molecule has 1 N–H and O–H groups in total. The molecule has 0 bridgehead atoms. The maximum Gasteiger partial charge on any atom is 0.244 e. The zero-order chi connectivity index (χ0) is 16.6. The summed E-state index contributed by atoms with van der Waals surface area (Å²) in [6.45, 7) is 3.05. The highest BCUT2D eigenvalue weighted by Gasteiger charge is 2.25. The summed E-state index contributed by atoms with van der Waals surface area (Å²) in [5, 5.41) is 8.81. The Bertz CT molecular complexity index is 761. The maximum atomic E-state index is 11.7. The van der Waals surface area contributed by atoms with Gasteiger partial charge in [-0.2, -0.15) is 5.10 Å². The fraction of sp³-hybridized carbons (Fsp3) is 0.471. The van der Waals surface area contributed by atoms with Crippen molar-refractivity contribution in [2.24, 2.45) is 0 Å². The second-order valence-electron chi connectivity index (χ2n) is 6.25. The van der Waals surface area contributed by atoms with E-state index in [9.17, 15) is 9.59 Å². The number of fused-ring (bicyclic) bond motifs is 1. The van der Waals surface area contributed by atoms with Gasteiger partial charge in [-0.05, 0) is 49.3 Å². The number of aromatic nitrogens is 2. The standard InChI is InChI=1S/C17H20ClN3O2/c1-10(22)20-14-5-3-12(4-6-14)15-7-13(18)8-17-16(15)9-19-21(17)11(2)23/h7-9,12,14H,3-6H2,1-2H3,(H,20,22). The SMILES string of the molecule is CC(=O)NC1CCC(c2cc(Cl)cc3c2cnn3C(C)=O)CC1. The molecule has 1 saturated carbocycles. The van der Waals surface area contributed by atoms with E-state index in [4.69, 9.17) is 11.6 Å². The first-order valence-corrected chi connectivity index (χ1v) is 8.28. The first-order chi connectivity index (χ1) is 11.0. The van der Waals surface area contributed by atoms with Crippen LogP contribution in [0.5, 0.6) is 0 Å². The molecule has 0 aliphatic heterocycles. The number of rotatable bonds is 2. The first-order valence-electron chi connectivity index (χ1n) is 7.91. The van der Waals surface area contributed by atoms with Crippen LogP contribution in [0.25, 0.3) is 10.9 Å². The van der Waals surface area contributed by atoms with E-state index in [-0.39, 0.29) is 17.9 Å². The minimum Gasteiger partial charge on any atom is -0.354 e. The molecule has 1 aromatic heterocycles. The van der Waals surface area contributed by atoms with Gasteiger partial charge in [0.1, 0.15) is 0 Å². The Morgan fingerprint density at radius 1 is 1.22 bits per heavy atom. The fourth-order valence-electron chi connectivity index (χ4n) is 3.54. The van der Waals surface area contributed by atoms with Gasteiger partial charge in [0.2, 0.25) is 11.8 Å². The molecule has 1 fully saturated rings. The van der Waals surface area contributed by atoms with E-state index in [0.717, 1.165) is 42.1 Å². The van der Waals surface area contributed by atoms with Crippen molar-refractivity contribution in [2.45, 2.75) is 51.5 Å². The minimum atomic E-state index is -0.123. The molecule has 1 aliphatic rings. The molecule has 3 rings (SSSR count). The lowest BCUT2D eigenvalue weighted by Crippen LogP contribution is -2.35. The quantitative estimate of drug-likeness (QED) is 0.914. The van der Waals surface area contributed by atoms with Gasteiger partial charge in [-0.15, -0.1) is 0 Å². The van der Waals surface area contributed by atoms with Crippen LogP contribution in [0.2, 0.25) is 5.02 Å². The van der Waals surface area contributed by atoms with Gasteiger partial charge in [0.25, 0.3) is 0 Å². The summed E-state index contributed by atoms with van der Waals surface area (Å²) in [5.74, 6) is 0.287. The molecule has 0 spiro atoms. The van der Waals surface area contributed by atoms with Crippen LogP contribution in [0.15, 0.2) is 18.3 Å². The molecular weight excluding hydrogens is 314 g/mol. The molecule has 5 nitrogen and oxygen atoms in total. The summed E-state index contributed by atoms with van der Waals surface area (Å²) in [6.07, 6.45) is 5.65. The predicted molar refractivity (Wildman–Crippen MR) is 89.9 cm³/mol. The Labute approximate surface area is 140 Å². The summed E-state index contributed by atoms with van der Waals surface area (Å²) in [6, 6.07) is 4.04. The number of nitrogens with zero attached hydrogens (tertiary/aromatic N) is 2. The summed E-state index contributed by atoms with van der Waals surface area (Å²) < 4.78 is 1.40. The van der Waals surface area contributed by atoms with E-state index in [1.165, 1.54) is 11.6 Å². The summed E-state index contributed by atoms with van der Waals surface area (Å²) in [5.41, 5.74) is 1.92. The smallest absolute Gasteiger partial charge is 0.244 e. The van der Waals surface area contributed by atoms with Crippen molar-refractivity contribution in [3.05, 3.63) is 28.9 Å². The first kappa shape index (κ1) is 16.0. The number of nitrogens with one attached hydrogen (secondary N) is 1. The van der Waals surface area contributed by atoms with Gasteiger partial charge in [-0.1, -0.05) is 11.6 Å². The Morgan fingerprint density at radius 2 is 1.91 bits per heavy atom. The molecule has 1 aromatic carbocycles. The number of carbonyl (C=O) groups excluding carboxylic acids is 2. The van der Waals surface area contributed by atoms with E-state index in [1.807, 2.05) is 6.07 Å². The molecule has 6 heteroatoms. The highest BCUT2D eigenvalue weighted by molar-refractivity contribution is 6.31. The second kappa shape index (κ2) is 6.32. The van der Waals surface area contributed by atoms with Crippen LogP contribution in [0.3, 0.4) is 0 Å². The van der Waals surface area contributed by atoms with Gasteiger partial charge in [0.05, 0.1) is 11.7 Å². The summed E-state index contributed by atoms with van der Waals surface area (Å²) in [7, 11) is 0. The Hall–Kier alpha value is -1.88. The normalized spacial score (nSPS) is 21.3. The monoisotopic (exact) mass is 333 g/mol. The highest BCUT2D eigenvalue weighted by atomic mass is 35.5. The van der Waals surface area contributed by atoms with Crippen LogP contribution < -0.4 is 5.32 Å². The average Bonchev–Trinajstić information content (AvgIpc) is 2.90. The van der Waals surface area contributed by atoms with Crippen molar-refractivity contribution in [2.75, 3.05) is 0 Å². The molecule has 1 heterocycles. The molecule has 0 radical (unpaired) electrons. The van der Waals surface area contributed by atoms with E-state index < -0.39 is 0 Å². The predicted octanol–water partition coefficient (Wildman–Crippen LogP) is 3.51. The average molecular weight is 334 g/mol. The van der Waals surface area contributed by atoms with Crippen molar-refractivity contribution in [1.29, 1.82) is 0 Å². The Morgan fingerprint density at radius 3 is 2.52 bits per heavy atom. The zero-order valence-corrected chi connectivity index (χ0v) is 14.1. The van der Waals surface area contributed by atoms with Gasteiger partial charge in [0.15, 0.2) is 0 Å². The van der Waals surface area contributed by atoms with Gasteiger partial charge in [-0.3, -0.25) is 9.59 Å². The molecule has 1 amide bonds. The molecule has 0 unspecified atom stereocenters. The number of halogens is 1. The lowest BCUT2D eigenvalue weighted by molar-refractivity contribution is -0.119. The third kappa shape index (κ3) is 3.24. The zero-order valence-electron chi connectivity index (χ0n) is 13.3. The third-order valence-electron chi connectivity index (χ3n) is 4.56. The van der Waals surface area contributed by atoms with Crippen molar-refractivity contribution in [3.8, 4) is 0 Å². The van der Waals surface area contributed by atoms with Crippen LogP contribution in [-0.4, -0.2) is 27.6 Å². The van der Waals surface area contributed by atoms with Crippen LogP contribution in [0.1, 0.15) is 55.8 Å². The van der Waals surface area contributed by atoms with Crippen LogP contribution in [-0.2, 0) is 4.79 Å². The lowest BCUT2D eigenvalue weighted by Gasteiger charge is -2.29. The lowest BCUT2D eigenvalue weighted by atomic mass is 9.80. The van der Waals surface area contributed by atoms with Gasteiger partial charge < -0.3 is 5.32 Å². The molecule has 1 aliphatic carbocycles. The van der Waals surface area contributed by atoms with Crippen LogP contribution in [0, 0.1) is 0 Å². The van der Waals surface area contributed by atoms with E-state index >= 15 is 0 Å². The molecule has 0 saturated heterocycles. The molecule has 2 aromatic rings. The number of hydrogen-bond acceptors (Lipinski definition) is 3. The molecule has 23 heavy (non-hydrogen) atoms. The largest absolute Gasteiger partial charge is 0.354 e. The van der Waals surface area contributed by atoms with Crippen LogP contribution >= 0.6 is 11.6 Å². The van der Waals surface area contributed by atoms with E-state index in [0.29, 0.717) is 10.9 Å². The third-order valence-corrected chi connectivity index (χ3v) is 4.78. The number of amides is 1. The number of hydrogen-bond donors (Lipinski definition) is 1. The minimum absolute atomic E-state index is 0.0290. The molecule has 0 atom stereocenters.